The third kappa shape index (κ3) is 3.76. The Labute approximate surface area is 140 Å². The molecule has 1 aliphatic rings. The zero-order chi connectivity index (χ0) is 15.9. The summed E-state index contributed by atoms with van der Waals surface area (Å²) >= 11 is 19.4. The first-order chi connectivity index (χ1) is 10.1. The van der Waals surface area contributed by atoms with E-state index in [0.29, 0.717) is 0 Å². The predicted molar refractivity (Wildman–Crippen MR) is 94.5 cm³/mol. The van der Waals surface area contributed by atoms with Gasteiger partial charge in [-0.05, 0) is 40.7 Å². The molecule has 2 aromatic rings. The Morgan fingerprint density at radius 2 is 1.65 bits per heavy atom. The van der Waals surface area contributed by atoms with Gasteiger partial charge in [-0.25, -0.2) is 0 Å². The Balaban J connectivity index is 0.000000395. The molecule has 0 amide bonds. The molecule has 20 heavy (non-hydrogen) atoms. The molecule has 1 aliphatic heterocycles. The van der Waals surface area contributed by atoms with E-state index in [4.69, 9.17) is 33.3 Å². The van der Waals surface area contributed by atoms with Gasteiger partial charge in [-0.2, -0.15) is 0 Å². The predicted octanol–water partition coefficient (Wildman–Crippen LogP) is 5.08. The van der Waals surface area contributed by atoms with Crippen LogP contribution in [0.25, 0.3) is 11.1 Å². The molecule has 104 valence electrons. The second kappa shape index (κ2) is 7.79. The normalized spacial score (nSPS) is 18.4. The Hall–Kier alpha value is -0.0800. The van der Waals surface area contributed by atoms with Crippen molar-refractivity contribution < 1.29 is 9.09 Å². The van der Waals surface area contributed by atoms with E-state index in [1.807, 2.05) is 48.5 Å². The van der Waals surface area contributed by atoms with Crippen molar-refractivity contribution in [1.82, 2.24) is 0 Å². The average Bonchev–Trinajstić information content (AvgIpc) is 2.50. The Morgan fingerprint density at radius 3 is 2.30 bits per heavy atom. The number of hydrogen-bond donors (Lipinski definition) is 0. The van der Waals surface area contributed by atoms with Crippen LogP contribution in [-0.4, -0.2) is 1.17 Å². The molecule has 0 bridgehead atoms. The molecule has 8 heteroatoms. The van der Waals surface area contributed by atoms with E-state index >= 15 is 0 Å². The molecule has 2 nitrogen and oxygen atoms in total. The summed E-state index contributed by atoms with van der Waals surface area (Å²) in [6.45, 7) is 0. The van der Waals surface area contributed by atoms with E-state index in [0.717, 1.165) is 22.2 Å². The number of hydrogen-bond acceptors (Lipinski definition) is 4. The number of rotatable bonds is 0. The zero-order valence-corrected chi connectivity index (χ0v) is 14.8. The van der Waals surface area contributed by atoms with Crippen LogP contribution in [0.5, 0.6) is 5.75 Å². The van der Waals surface area contributed by atoms with Crippen molar-refractivity contribution in [3.63, 3.8) is 0 Å². The summed E-state index contributed by atoms with van der Waals surface area (Å²) in [5.74, 6) is 0.791. The van der Waals surface area contributed by atoms with E-state index in [1.54, 1.807) is 0 Å². The Kier molecular flexibility index (Phi) is 6.35. The maximum absolute atomic E-state index is 8.72. The van der Waals surface area contributed by atoms with Crippen LogP contribution >= 0.6 is 36.4 Å². The second-order valence-corrected chi connectivity index (χ2v) is 9.45. The summed E-state index contributed by atoms with van der Waals surface area (Å²) in [7, 11) is -0.250. The molecule has 0 spiro atoms. The number of benzene rings is 2. The smallest absolute Gasteiger partial charge is 0.229 e. The summed E-state index contributed by atoms with van der Waals surface area (Å²) in [4.78, 5) is 0. The van der Waals surface area contributed by atoms with Gasteiger partial charge in [-0.15, -0.1) is 12.3 Å². The van der Waals surface area contributed by atoms with Crippen molar-refractivity contribution in [2.24, 2.45) is 0 Å². The zero-order valence-electron chi connectivity index (χ0n) is 10.9. The molecule has 1 heterocycles. The van der Waals surface area contributed by atoms with Crippen LogP contribution in [0.1, 0.15) is 0 Å². The van der Waals surface area contributed by atoms with E-state index in [-0.39, 0.29) is 7.24 Å². The molecule has 1 atom stereocenters. The third-order valence-electron chi connectivity index (χ3n) is 2.58. The fourth-order valence-corrected chi connectivity index (χ4v) is 4.52. The van der Waals surface area contributed by atoms with Crippen LogP contribution in [-0.2, 0) is 28.2 Å². The largest absolute Gasteiger partial charge is 0.448 e. The summed E-state index contributed by atoms with van der Waals surface area (Å²) < 4.78 is 19.7. The number of fused-ring (bicyclic) bond motifs is 3. The van der Waals surface area contributed by atoms with E-state index in [2.05, 4.69) is 24.1 Å². The summed E-state index contributed by atoms with van der Waals surface area (Å²) in [6, 6.07) is 15.8. The Morgan fingerprint density at radius 1 is 1.15 bits per heavy atom. The van der Waals surface area contributed by atoms with Crippen LogP contribution in [0.3, 0.4) is 0 Å². The van der Waals surface area contributed by atoms with Gasteiger partial charge < -0.3 is 4.52 Å². The molecular formula is C12H9Cl2O2P2S2+. The van der Waals surface area contributed by atoms with Crippen LogP contribution in [0.4, 0.5) is 0 Å². The third-order valence-corrected chi connectivity index (χ3v) is 5.55. The van der Waals surface area contributed by atoms with Crippen molar-refractivity contribution in [3.8, 4) is 16.9 Å². The van der Waals surface area contributed by atoms with Gasteiger partial charge in [-0.1, -0.05) is 36.4 Å². The van der Waals surface area contributed by atoms with Crippen LogP contribution in [0.2, 0.25) is 0 Å². The van der Waals surface area contributed by atoms with E-state index in [9.17, 15) is 0 Å². The van der Waals surface area contributed by atoms with Crippen molar-refractivity contribution in [2.75, 3.05) is 0 Å². The monoisotopic (exact) mass is 382 g/mol. The second-order valence-electron chi connectivity index (χ2n) is 3.66. The van der Waals surface area contributed by atoms with Gasteiger partial charge in [0.1, 0.15) is 6.92 Å². The van der Waals surface area contributed by atoms with Gasteiger partial charge in [0.25, 0.3) is 0 Å². The van der Waals surface area contributed by atoms with Gasteiger partial charge >= 0.3 is 23.6 Å². The number of para-hydroxylation sites is 1. The van der Waals surface area contributed by atoms with Crippen molar-refractivity contribution >= 4 is 65.3 Å². The maximum atomic E-state index is 8.72. The summed E-state index contributed by atoms with van der Waals surface area (Å²) in [5, 5.41) is 0.949. The van der Waals surface area contributed by atoms with Crippen molar-refractivity contribution in [3.05, 3.63) is 48.5 Å². The van der Waals surface area contributed by atoms with Crippen molar-refractivity contribution in [2.45, 2.75) is 0 Å². The minimum Gasteiger partial charge on any atom is -0.448 e. The fourth-order valence-electron chi connectivity index (χ4n) is 1.88. The summed E-state index contributed by atoms with van der Waals surface area (Å²) in [5.41, 5.74) is -0.235. The molecule has 0 N–H and O–H groups in total. The molecule has 0 aliphatic carbocycles. The molecule has 0 saturated carbocycles. The van der Waals surface area contributed by atoms with Gasteiger partial charge in [0.15, 0.2) is 0 Å². The van der Waals surface area contributed by atoms with Crippen LogP contribution in [0, 0.1) is 0 Å². The molecule has 1 unspecified atom stereocenters. The SMILES string of the molecule is O=[P+]=S.S=P1(Cl)Oc2ccccc2-c2ccccc21.[2H]Cl. The first kappa shape index (κ1) is 16.3. The topological polar surface area (TPSA) is 26.3 Å². The molecule has 3 rings (SSSR count). The van der Waals surface area contributed by atoms with Crippen LogP contribution in [0.15, 0.2) is 48.5 Å². The Bertz CT molecular complexity index is 709. The number of halogens is 2. The molecule has 2 aromatic carbocycles. The quantitative estimate of drug-likeness (QED) is 0.593. The maximum Gasteiger partial charge on any atom is 0.229 e. The van der Waals surface area contributed by atoms with Gasteiger partial charge in [0, 0.05) is 10.9 Å². The van der Waals surface area contributed by atoms with Crippen LogP contribution < -0.4 is 9.83 Å². The molecule has 0 fully saturated rings. The van der Waals surface area contributed by atoms with E-state index in [1.165, 1.54) is 0 Å². The first-order valence-corrected chi connectivity index (χ1v) is 10.7. The molecular weight excluding hydrogens is 373 g/mol. The standard InChI is InChI=1S/C12H8ClOPS.ClH.OPS/c13-15(16)12-8-4-2-6-10(12)9-5-1-3-7-11(9)14-15;;1-2-3/h1-8H;1H;/q;;+1/i/hD. The molecule has 0 radical (unpaired) electrons. The first-order valence-electron chi connectivity index (χ1n) is 5.61. The minimum absolute atomic E-state index is 0.250. The van der Waals surface area contributed by atoms with Gasteiger partial charge in [0.2, 0.25) is 5.62 Å². The van der Waals surface area contributed by atoms with Crippen molar-refractivity contribution in [1.29, 1.82) is 1.17 Å². The van der Waals surface area contributed by atoms with Gasteiger partial charge in [0.05, 0.1) is 0 Å². The molecule has 0 saturated heterocycles. The van der Waals surface area contributed by atoms with E-state index < -0.39 is 5.62 Å². The molecule has 0 aromatic heterocycles. The summed E-state index contributed by atoms with van der Waals surface area (Å²) in [6.07, 6.45) is 0. The van der Waals surface area contributed by atoms with Gasteiger partial charge in [-0.3, -0.25) is 0 Å². The fraction of sp³-hybridized carbons (Fsp3) is 0. The minimum atomic E-state index is -2.40. The average molecular weight is 383 g/mol.